The number of pyridine rings is 1. The summed E-state index contributed by atoms with van der Waals surface area (Å²) in [5, 5.41) is 2.34. The van der Waals surface area contributed by atoms with Gasteiger partial charge in [-0.25, -0.2) is 9.29 Å². The SMILES string of the molecule is CC1(N2CCN(Sc3cnc(OCCN4CCOCC4)c4ccccc34)CC2)CC1. The number of hydrogen-bond acceptors (Lipinski definition) is 7. The topological polar surface area (TPSA) is 41.1 Å². The van der Waals surface area contributed by atoms with E-state index in [-0.39, 0.29) is 0 Å². The van der Waals surface area contributed by atoms with Crippen molar-refractivity contribution < 1.29 is 9.47 Å². The van der Waals surface area contributed by atoms with Crippen LogP contribution in [0, 0.1) is 0 Å². The zero-order chi connectivity index (χ0) is 20.4. The fourth-order valence-corrected chi connectivity index (χ4v) is 5.38. The lowest BCUT2D eigenvalue weighted by molar-refractivity contribution is 0.0321. The smallest absolute Gasteiger partial charge is 0.221 e. The molecule has 0 radical (unpaired) electrons. The molecule has 1 saturated carbocycles. The minimum atomic E-state index is 0.491. The lowest BCUT2D eigenvalue weighted by atomic mass is 10.2. The van der Waals surface area contributed by atoms with E-state index in [0.717, 1.165) is 70.3 Å². The van der Waals surface area contributed by atoms with E-state index < -0.39 is 0 Å². The highest BCUT2D eigenvalue weighted by molar-refractivity contribution is 7.97. The van der Waals surface area contributed by atoms with Crippen molar-refractivity contribution in [1.82, 2.24) is 19.1 Å². The van der Waals surface area contributed by atoms with Crippen molar-refractivity contribution in [2.45, 2.75) is 30.2 Å². The molecule has 0 bridgehead atoms. The van der Waals surface area contributed by atoms with Crippen LogP contribution in [0.4, 0.5) is 0 Å². The Labute approximate surface area is 183 Å². The standard InChI is InChI=1S/C23H32N4O2S/c1-23(6-7-23)26-8-10-27(11-9-26)30-21-18-24-22(20-5-3-2-4-19(20)21)29-17-14-25-12-15-28-16-13-25/h2-5,18H,6-17H2,1H3. The predicted octanol–water partition coefficient (Wildman–Crippen LogP) is 3.12. The summed E-state index contributed by atoms with van der Waals surface area (Å²) in [6, 6.07) is 8.50. The molecule has 2 aliphatic heterocycles. The summed E-state index contributed by atoms with van der Waals surface area (Å²) < 4.78 is 14.0. The third-order valence-electron chi connectivity index (χ3n) is 6.68. The van der Waals surface area contributed by atoms with Crippen molar-refractivity contribution in [3.05, 3.63) is 30.5 Å². The summed E-state index contributed by atoms with van der Waals surface area (Å²) >= 11 is 1.85. The third kappa shape index (κ3) is 4.60. The Balaban J connectivity index is 1.22. The minimum absolute atomic E-state index is 0.491. The molecule has 3 aliphatic rings. The molecule has 5 rings (SSSR count). The number of ether oxygens (including phenoxy) is 2. The number of morpholine rings is 1. The molecule has 0 N–H and O–H groups in total. The van der Waals surface area contributed by atoms with Gasteiger partial charge in [0.2, 0.25) is 5.88 Å². The number of benzene rings is 1. The van der Waals surface area contributed by atoms with E-state index in [0.29, 0.717) is 12.1 Å². The molecule has 1 aliphatic carbocycles. The van der Waals surface area contributed by atoms with Crippen LogP contribution in [0.1, 0.15) is 19.8 Å². The highest BCUT2D eigenvalue weighted by atomic mass is 32.2. The monoisotopic (exact) mass is 428 g/mol. The molecule has 7 heteroatoms. The van der Waals surface area contributed by atoms with Gasteiger partial charge in [-0.15, -0.1) is 0 Å². The molecule has 0 unspecified atom stereocenters. The Hall–Kier alpha value is -1.38. The summed E-state index contributed by atoms with van der Waals surface area (Å²) in [5.74, 6) is 0.745. The van der Waals surface area contributed by atoms with Gasteiger partial charge in [0.1, 0.15) is 6.61 Å². The van der Waals surface area contributed by atoms with E-state index in [1.54, 1.807) is 0 Å². The largest absolute Gasteiger partial charge is 0.476 e. The molecule has 30 heavy (non-hydrogen) atoms. The van der Waals surface area contributed by atoms with Gasteiger partial charge in [-0.05, 0) is 37.8 Å². The van der Waals surface area contributed by atoms with E-state index in [4.69, 9.17) is 14.5 Å². The molecule has 162 valence electrons. The first kappa shape index (κ1) is 20.5. The van der Waals surface area contributed by atoms with Gasteiger partial charge in [-0.3, -0.25) is 9.80 Å². The van der Waals surface area contributed by atoms with E-state index >= 15 is 0 Å². The molecule has 2 aromatic rings. The molecule has 3 heterocycles. The van der Waals surface area contributed by atoms with Crippen LogP contribution in [-0.2, 0) is 4.74 Å². The maximum atomic E-state index is 6.10. The van der Waals surface area contributed by atoms with Gasteiger partial charge in [0, 0.05) is 73.2 Å². The number of hydrogen-bond donors (Lipinski definition) is 0. The number of rotatable bonds is 7. The zero-order valence-electron chi connectivity index (χ0n) is 17.9. The second-order valence-corrected chi connectivity index (χ2v) is 9.92. The lowest BCUT2D eigenvalue weighted by Crippen LogP contribution is -2.48. The van der Waals surface area contributed by atoms with Gasteiger partial charge >= 0.3 is 0 Å². The fourth-order valence-electron chi connectivity index (χ4n) is 4.38. The summed E-state index contributed by atoms with van der Waals surface area (Å²) in [4.78, 5) is 11.0. The fraction of sp³-hybridized carbons (Fsp3) is 0.609. The molecule has 6 nitrogen and oxygen atoms in total. The number of piperazine rings is 1. The first-order chi connectivity index (χ1) is 14.7. The molecular weight excluding hydrogens is 396 g/mol. The highest BCUT2D eigenvalue weighted by Crippen LogP contribution is 2.42. The van der Waals surface area contributed by atoms with E-state index in [1.807, 2.05) is 18.1 Å². The molecule has 0 atom stereocenters. The summed E-state index contributed by atoms with van der Waals surface area (Å²) in [5.41, 5.74) is 0.491. The highest BCUT2D eigenvalue weighted by Gasteiger charge is 2.43. The summed E-state index contributed by atoms with van der Waals surface area (Å²) in [6.45, 7) is 12.1. The van der Waals surface area contributed by atoms with Crippen LogP contribution in [0.2, 0.25) is 0 Å². The molecule has 1 aromatic heterocycles. The van der Waals surface area contributed by atoms with Crippen molar-refractivity contribution in [1.29, 1.82) is 0 Å². The van der Waals surface area contributed by atoms with Gasteiger partial charge < -0.3 is 9.47 Å². The van der Waals surface area contributed by atoms with Crippen molar-refractivity contribution >= 4 is 22.7 Å². The van der Waals surface area contributed by atoms with Crippen molar-refractivity contribution in [2.75, 3.05) is 65.6 Å². The molecule has 0 spiro atoms. The van der Waals surface area contributed by atoms with Gasteiger partial charge in [-0.1, -0.05) is 18.2 Å². The quantitative estimate of drug-likeness (QED) is 0.628. The van der Waals surface area contributed by atoms with Crippen molar-refractivity contribution in [2.24, 2.45) is 0 Å². The van der Waals surface area contributed by atoms with E-state index in [1.165, 1.54) is 23.1 Å². The third-order valence-corrected chi connectivity index (χ3v) is 7.82. The van der Waals surface area contributed by atoms with Crippen LogP contribution in [0.5, 0.6) is 5.88 Å². The number of nitrogens with zero attached hydrogens (tertiary/aromatic N) is 4. The summed E-state index contributed by atoms with van der Waals surface area (Å²) in [6.07, 6.45) is 4.72. The zero-order valence-corrected chi connectivity index (χ0v) is 18.7. The van der Waals surface area contributed by atoms with Crippen molar-refractivity contribution in [3.8, 4) is 5.88 Å². The van der Waals surface area contributed by atoms with Gasteiger partial charge in [0.25, 0.3) is 0 Å². The van der Waals surface area contributed by atoms with Gasteiger partial charge in [-0.2, -0.15) is 0 Å². The molecule has 3 fully saturated rings. The Bertz CT molecular complexity index is 861. The van der Waals surface area contributed by atoms with Crippen LogP contribution < -0.4 is 4.74 Å². The first-order valence-corrected chi connectivity index (χ1v) is 12.0. The minimum Gasteiger partial charge on any atom is -0.476 e. The van der Waals surface area contributed by atoms with Crippen LogP contribution >= 0.6 is 11.9 Å². The molecular formula is C23H32N4O2S. The predicted molar refractivity (Wildman–Crippen MR) is 121 cm³/mol. The Morgan fingerprint density at radius 2 is 1.77 bits per heavy atom. The Kier molecular flexibility index (Phi) is 6.16. The number of aromatic nitrogens is 1. The van der Waals surface area contributed by atoms with E-state index in [9.17, 15) is 0 Å². The average Bonchev–Trinajstić information content (AvgIpc) is 3.55. The lowest BCUT2D eigenvalue weighted by Gasteiger charge is -2.37. The first-order valence-electron chi connectivity index (χ1n) is 11.2. The Morgan fingerprint density at radius 3 is 2.50 bits per heavy atom. The molecule has 2 saturated heterocycles. The van der Waals surface area contributed by atoms with E-state index in [2.05, 4.69) is 45.3 Å². The van der Waals surface area contributed by atoms with Crippen LogP contribution in [0.15, 0.2) is 35.4 Å². The maximum absolute atomic E-state index is 6.10. The molecule has 1 aromatic carbocycles. The number of fused-ring (bicyclic) bond motifs is 1. The Morgan fingerprint density at radius 1 is 1.03 bits per heavy atom. The van der Waals surface area contributed by atoms with Crippen LogP contribution in [0.25, 0.3) is 10.8 Å². The van der Waals surface area contributed by atoms with Crippen LogP contribution in [-0.4, -0.2) is 90.3 Å². The van der Waals surface area contributed by atoms with Crippen LogP contribution in [0.3, 0.4) is 0 Å². The molecule has 0 amide bonds. The summed E-state index contributed by atoms with van der Waals surface area (Å²) in [7, 11) is 0. The average molecular weight is 429 g/mol. The second-order valence-electron chi connectivity index (χ2n) is 8.78. The normalized spacial score (nSPS) is 23.0. The van der Waals surface area contributed by atoms with Gasteiger partial charge in [0.05, 0.1) is 13.2 Å². The van der Waals surface area contributed by atoms with Gasteiger partial charge in [0.15, 0.2) is 0 Å². The van der Waals surface area contributed by atoms with Crippen molar-refractivity contribution in [3.63, 3.8) is 0 Å². The second kappa shape index (κ2) is 9.01. The maximum Gasteiger partial charge on any atom is 0.221 e.